The van der Waals surface area contributed by atoms with Gasteiger partial charge in [0.05, 0.1) is 11.6 Å². The molecule has 0 aliphatic carbocycles. The standard InChI is InChI=1S/C18H21FN2O3/c1-10-6-13(19)7-14-16(10)20-8-15(17(14)23)18(24)21-5-3-4-12(9-21)11(2)22/h6-8,11-12,22H,3-5,9H2,1-2H3,(H,20,23). The zero-order valence-electron chi connectivity index (χ0n) is 13.8. The molecule has 0 saturated carbocycles. The number of rotatable bonds is 2. The average molecular weight is 332 g/mol. The highest BCUT2D eigenvalue weighted by molar-refractivity contribution is 5.97. The topological polar surface area (TPSA) is 73.4 Å². The Balaban J connectivity index is 1.99. The van der Waals surface area contributed by atoms with E-state index in [1.165, 1.54) is 12.3 Å². The lowest BCUT2D eigenvalue weighted by Crippen LogP contribution is -2.44. The van der Waals surface area contributed by atoms with Crippen molar-refractivity contribution in [1.82, 2.24) is 9.88 Å². The van der Waals surface area contributed by atoms with Crippen molar-refractivity contribution in [3.8, 4) is 0 Å². The summed E-state index contributed by atoms with van der Waals surface area (Å²) >= 11 is 0. The molecule has 1 aliphatic heterocycles. The second kappa shape index (κ2) is 6.36. The maximum absolute atomic E-state index is 13.6. The number of hydrogen-bond donors (Lipinski definition) is 2. The first kappa shape index (κ1) is 16.6. The number of H-pyrrole nitrogens is 1. The van der Waals surface area contributed by atoms with E-state index in [-0.39, 0.29) is 22.8 Å². The zero-order chi connectivity index (χ0) is 17.4. The van der Waals surface area contributed by atoms with Crippen LogP contribution >= 0.6 is 0 Å². The maximum atomic E-state index is 13.6. The predicted octanol–water partition coefficient (Wildman–Crippen LogP) is 2.21. The highest BCUT2D eigenvalue weighted by atomic mass is 19.1. The number of likely N-dealkylation sites (tertiary alicyclic amines) is 1. The van der Waals surface area contributed by atoms with E-state index in [9.17, 15) is 19.1 Å². The lowest BCUT2D eigenvalue weighted by molar-refractivity contribution is 0.0465. The largest absolute Gasteiger partial charge is 0.393 e. The molecule has 6 heteroatoms. The van der Waals surface area contributed by atoms with E-state index >= 15 is 0 Å². The molecule has 1 aromatic heterocycles. The fourth-order valence-electron chi connectivity index (χ4n) is 3.39. The number of fused-ring (bicyclic) bond motifs is 1. The quantitative estimate of drug-likeness (QED) is 0.885. The molecule has 128 valence electrons. The van der Waals surface area contributed by atoms with Crippen LogP contribution in [0.3, 0.4) is 0 Å². The van der Waals surface area contributed by atoms with Gasteiger partial charge in [0.25, 0.3) is 5.91 Å². The number of pyridine rings is 1. The number of aryl methyl sites for hydroxylation is 1. The van der Waals surface area contributed by atoms with Crippen LogP contribution in [0, 0.1) is 18.7 Å². The number of benzene rings is 1. The number of aromatic nitrogens is 1. The number of carbonyl (C=O) groups excluding carboxylic acids is 1. The number of nitrogens with zero attached hydrogens (tertiary/aromatic N) is 1. The highest BCUT2D eigenvalue weighted by Gasteiger charge is 2.28. The van der Waals surface area contributed by atoms with E-state index in [1.807, 2.05) is 0 Å². The van der Waals surface area contributed by atoms with Crippen molar-refractivity contribution in [2.75, 3.05) is 13.1 Å². The van der Waals surface area contributed by atoms with Gasteiger partial charge in [-0.25, -0.2) is 4.39 Å². The van der Waals surface area contributed by atoms with Gasteiger partial charge in [-0.15, -0.1) is 0 Å². The van der Waals surface area contributed by atoms with Crippen LogP contribution in [0.2, 0.25) is 0 Å². The monoisotopic (exact) mass is 332 g/mol. The Bertz CT molecular complexity index is 844. The van der Waals surface area contributed by atoms with Gasteiger partial charge in [0.2, 0.25) is 5.43 Å². The molecule has 2 atom stereocenters. The first-order chi connectivity index (χ1) is 11.4. The summed E-state index contributed by atoms with van der Waals surface area (Å²) in [6.45, 7) is 4.41. The third-order valence-corrected chi connectivity index (χ3v) is 4.81. The number of aliphatic hydroxyl groups is 1. The molecule has 1 amide bonds. The predicted molar refractivity (Wildman–Crippen MR) is 89.6 cm³/mol. The molecule has 2 aromatic rings. The van der Waals surface area contributed by atoms with E-state index in [0.717, 1.165) is 18.9 Å². The maximum Gasteiger partial charge on any atom is 0.259 e. The van der Waals surface area contributed by atoms with E-state index < -0.39 is 17.3 Å². The van der Waals surface area contributed by atoms with Crippen LogP contribution in [0.25, 0.3) is 10.9 Å². The molecule has 3 rings (SSSR count). The zero-order valence-corrected chi connectivity index (χ0v) is 13.8. The molecule has 5 nitrogen and oxygen atoms in total. The summed E-state index contributed by atoms with van der Waals surface area (Å²) in [6, 6.07) is 2.50. The normalized spacial score (nSPS) is 19.5. The van der Waals surface area contributed by atoms with Gasteiger partial charge in [-0.3, -0.25) is 9.59 Å². The Morgan fingerprint density at radius 1 is 1.46 bits per heavy atom. The van der Waals surface area contributed by atoms with Crippen molar-refractivity contribution in [3.05, 3.63) is 45.5 Å². The lowest BCUT2D eigenvalue weighted by Gasteiger charge is -2.34. The number of aromatic amines is 1. The minimum atomic E-state index is -0.498. The fourth-order valence-corrected chi connectivity index (χ4v) is 3.39. The summed E-state index contributed by atoms with van der Waals surface area (Å²) in [5.41, 5.74) is 0.709. The summed E-state index contributed by atoms with van der Waals surface area (Å²) in [5, 5.41) is 9.94. The Hall–Kier alpha value is -2.21. The molecule has 0 radical (unpaired) electrons. The molecule has 2 unspecified atom stereocenters. The van der Waals surface area contributed by atoms with Crippen molar-refractivity contribution in [1.29, 1.82) is 0 Å². The van der Waals surface area contributed by atoms with Crippen LogP contribution in [0.5, 0.6) is 0 Å². The molecule has 24 heavy (non-hydrogen) atoms. The van der Waals surface area contributed by atoms with Crippen LogP contribution < -0.4 is 5.43 Å². The third kappa shape index (κ3) is 2.94. The molecule has 1 aromatic carbocycles. The Morgan fingerprint density at radius 3 is 2.92 bits per heavy atom. The van der Waals surface area contributed by atoms with Crippen LogP contribution in [0.15, 0.2) is 23.1 Å². The second-order valence-electron chi connectivity index (χ2n) is 6.57. The number of aliphatic hydroxyl groups excluding tert-OH is 1. The summed E-state index contributed by atoms with van der Waals surface area (Å²) in [5.74, 6) is -0.852. The molecule has 1 aliphatic rings. The minimum absolute atomic E-state index is 0.0127. The van der Waals surface area contributed by atoms with Gasteiger partial charge in [0, 0.05) is 30.6 Å². The molecule has 2 heterocycles. The number of hydrogen-bond acceptors (Lipinski definition) is 3. The Kier molecular flexibility index (Phi) is 4.41. The van der Waals surface area contributed by atoms with Crippen molar-refractivity contribution < 1.29 is 14.3 Å². The van der Waals surface area contributed by atoms with Gasteiger partial charge in [0.1, 0.15) is 11.4 Å². The smallest absolute Gasteiger partial charge is 0.259 e. The summed E-state index contributed by atoms with van der Waals surface area (Å²) in [7, 11) is 0. The van der Waals surface area contributed by atoms with Crippen molar-refractivity contribution >= 4 is 16.8 Å². The molecule has 0 bridgehead atoms. The fraction of sp³-hybridized carbons (Fsp3) is 0.444. The SMILES string of the molecule is Cc1cc(F)cc2c(=O)c(C(=O)N3CCCC(C(C)O)C3)c[nH]c12. The summed E-state index contributed by atoms with van der Waals surface area (Å²) in [4.78, 5) is 29.9. The molecule has 2 N–H and O–H groups in total. The molecule has 1 saturated heterocycles. The Morgan fingerprint density at radius 2 is 2.21 bits per heavy atom. The average Bonchev–Trinajstić information content (AvgIpc) is 2.55. The third-order valence-electron chi connectivity index (χ3n) is 4.81. The highest BCUT2D eigenvalue weighted by Crippen LogP contribution is 2.21. The van der Waals surface area contributed by atoms with E-state index in [2.05, 4.69) is 4.98 Å². The van der Waals surface area contributed by atoms with Crippen LogP contribution in [-0.4, -0.2) is 40.1 Å². The van der Waals surface area contributed by atoms with Crippen molar-refractivity contribution in [2.45, 2.75) is 32.8 Å². The van der Waals surface area contributed by atoms with Crippen molar-refractivity contribution in [2.24, 2.45) is 5.92 Å². The van der Waals surface area contributed by atoms with Gasteiger partial charge in [-0.1, -0.05) is 0 Å². The number of amides is 1. The van der Waals surface area contributed by atoms with E-state index in [1.54, 1.807) is 18.7 Å². The number of carbonyl (C=O) groups is 1. The lowest BCUT2D eigenvalue weighted by atomic mass is 9.93. The molecule has 1 fully saturated rings. The second-order valence-corrected chi connectivity index (χ2v) is 6.57. The Labute approximate surface area is 139 Å². The number of piperidine rings is 1. The molecular formula is C18H21FN2O3. The van der Waals surface area contributed by atoms with Crippen LogP contribution in [0.1, 0.15) is 35.7 Å². The van der Waals surface area contributed by atoms with Gasteiger partial charge in [-0.05, 0) is 44.4 Å². The van der Waals surface area contributed by atoms with Gasteiger partial charge in [0.15, 0.2) is 0 Å². The first-order valence-corrected chi connectivity index (χ1v) is 8.17. The summed E-state index contributed by atoms with van der Waals surface area (Å²) < 4.78 is 13.6. The van der Waals surface area contributed by atoms with Gasteiger partial charge in [-0.2, -0.15) is 0 Å². The van der Waals surface area contributed by atoms with Crippen LogP contribution in [-0.2, 0) is 0 Å². The minimum Gasteiger partial charge on any atom is -0.393 e. The summed E-state index contributed by atoms with van der Waals surface area (Å²) in [6.07, 6.45) is 2.57. The van der Waals surface area contributed by atoms with Crippen molar-refractivity contribution in [3.63, 3.8) is 0 Å². The first-order valence-electron chi connectivity index (χ1n) is 8.17. The molecular weight excluding hydrogens is 311 g/mol. The number of nitrogens with one attached hydrogen (secondary N) is 1. The van der Waals surface area contributed by atoms with Crippen LogP contribution in [0.4, 0.5) is 4.39 Å². The van der Waals surface area contributed by atoms with E-state index in [4.69, 9.17) is 0 Å². The van der Waals surface area contributed by atoms with E-state index in [0.29, 0.717) is 24.2 Å². The molecule has 0 spiro atoms. The van der Waals surface area contributed by atoms with Gasteiger partial charge < -0.3 is 15.0 Å². The number of halogens is 1. The van der Waals surface area contributed by atoms with Gasteiger partial charge >= 0.3 is 0 Å².